The van der Waals surface area contributed by atoms with E-state index in [9.17, 15) is 4.79 Å². The van der Waals surface area contributed by atoms with Gasteiger partial charge in [-0.2, -0.15) is 10.2 Å². The number of amides is 1. The Labute approximate surface area is 184 Å². The fraction of sp³-hybridized carbons (Fsp3) is 0.391. The lowest BCUT2D eigenvalue weighted by atomic mass is 10.0. The number of carbonyl (C=O) groups is 1. The third-order valence-corrected chi connectivity index (χ3v) is 6.61. The van der Waals surface area contributed by atoms with E-state index in [1.807, 2.05) is 26.4 Å². The van der Waals surface area contributed by atoms with Crippen LogP contribution < -0.4 is 0 Å². The molecule has 1 fully saturated rings. The molecule has 0 atom stereocenters. The van der Waals surface area contributed by atoms with Gasteiger partial charge in [0.05, 0.1) is 35.0 Å². The minimum absolute atomic E-state index is 0.0263. The number of rotatable bonds is 3. The Morgan fingerprint density at radius 1 is 1.16 bits per heavy atom. The van der Waals surface area contributed by atoms with Crippen LogP contribution in [0.5, 0.6) is 0 Å². The third-order valence-electron chi connectivity index (χ3n) is 6.61. The lowest BCUT2D eigenvalue weighted by molar-refractivity contribution is -0.130. The van der Waals surface area contributed by atoms with Crippen molar-refractivity contribution >= 4 is 16.8 Å². The molecular weight excluding hydrogens is 409 g/mol. The molecule has 0 bridgehead atoms. The standard InChI is InChI=1S/C23H24FN7O/c1-13(32)30-8-9-31-18(12-30)22(26-23(31)14-4-5-14)16-6-7-17-19(20(16)24)21(27-29(17)3)15-10-25-28(2)11-15/h6-7,10-11,14H,4-5,8-9,12H2,1-3H3. The van der Waals surface area contributed by atoms with Gasteiger partial charge in [-0.25, -0.2) is 9.37 Å². The van der Waals surface area contributed by atoms with Crippen molar-refractivity contribution < 1.29 is 9.18 Å². The second-order valence-corrected chi connectivity index (χ2v) is 8.83. The third kappa shape index (κ3) is 2.80. The molecule has 2 aliphatic rings. The van der Waals surface area contributed by atoms with E-state index in [1.165, 1.54) is 0 Å². The predicted molar refractivity (Wildman–Crippen MR) is 117 cm³/mol. The molecule has 1 aromatic carbocycles. The van der Waals surface area contributed by atoms with Crippen LogP contribution in [0.1, 0.15) is 37.2 Å². The van der Waals surface area contributed by atoms with Crippen LogP contribution in [0.4, 0.5) is 4.39 Å². The molecule has 0 N–H and O–H groups in total. The highest BCUT2D eigenvalue weighted by Crippen LogP contribution is 2.43. The van der Waals surface area contributed by atoms with Crippen LogP contribution in [0.3, 0.4) is 0 Å². The summed E-state index contributed by atoms with van der Waals surface area (Å²) in [5, 5.41) is 9.27. The number of aromatic nitrogens is 6. The molecule has 9 heteroatoms. The van der Waals surface area contributed by atoms with Crippen molar-refractivity contribution in [1.82, 2.24) is 34.0 Å². The minimum Gasteiger partial charge on any atom is -0.335 e. The molecule has 0 saturated heterocycles. The molecule has 4 heterocycles. The minimum atomic E-state index is -0.336. The van der Waals surface area contributed by atoms with E-state index in [0.717, 1.165) is 29.9 Å². The van der Waals surface area contributed by atoms with Crippen molar-refractivity contribution in [3.63, 3.8) is 0 Å². The zero-order valence-electron chi connectivity index (χ0n) is 18.3. The fourth-order valence-electron chi connectivity index (χ4n) is 4.78. The van der Waals surface area contributed by atoms with Gasteiger partial charge in [-0.15, -0.1) is 0 Å². The van der Waals surface area contributed by atoms with E-state index in [1.54, 1.807) is 33.5 Å². The first-order chi connectivity index (χ1) is 15.4. The van der Waals surface area contributed by atoms with Crippen molar-refractivity contribution in [2.24, 2.45) is 14.1 Å². The summed E-state index contributed by atoms with van der Waals surface area (Å²) >= 11 is 0. The lowest BCUT2D eigenvalue weighted by Crippen LogP contribution is -2.37. The smallest absolute Gasteiger partial charge is 0.219 e. The number of aryl methyl sites for hydroxylation is 2. The molecule has 0 radical (unpaired) electrons. The number of carbonyl (C=O) groups excluding carboxylic acids is 1. The quantitative estimate of drug-likeness (QED) is 0.497. The summed E-state index contributed by atoms with van der Waals surface area (Å²) in [6, 6.07) is 3.69. The second-order valence-electron chi connectivity index (χ2n) is 8.83. The molecule has 32 heavy (non-hydrogen) atoms. The highest BCUT2D eigenvalue weighted by molar-refractivity contribution is 5.96. The zero-order valence-corrected chi connectivity index (χ0v) is 18.3. The van der Waals surface area contributed by atoms with Gasteiger partial charge in [-0.05, 0) is 25.0 Å². The summed E-state index contributed by atoms with van der Waals surface area (Å²) in [6.07, 6.45) is 5.76. The van der Waals surface area contributed by atoms with Crippen LogP contribution in [0.2, 0.25) is 0 Å². The fourth-order valence-corrected chi connectivity index (χ4v) is 4.78. The monoisotopic (exact) mass is 433 g/mol. The van der Waals surface area contributed by atoms with E-state index in [4.69, 9.17) is 4.98 Å². The van der Waals surface area contributed by atoms with Crippen LogP contribution in [-0.2, 0) is 32.0 Å². The zero-order chi connectivity index (χ0) is 22.1. The average Bonchev–Trinajstić information content (AvgIpc) is 3.27. The molecule has 164 valence electrons. The normalized spacial score (nSPS) is 16.1. The molecule has 1 amide bonds. The summed E-state index contributed by atoms with van der Waals surface area (Å²) in [5.74, 6) is 1.15. The van der Waals surface area contributed by atoms with Crippen molar-refractivity contribution in [2.75, 3.05) is 6.54 Å². The Hall–Kier alpha value is -3.49. The molecule has 0 unspecified atom stereocenters. The maximum Gasteiger partial charge on any atom is 0.219 e. The first kappa shape index (κ1) is 19.2. The van der Waals surface area contributed by atoms with Crippen molar-refractivity contribution in [2.45, 2.75) is 38.8 Å². The summed E-state index contributed by atoms with van der Waals surface area (Å²) in [7, 11) is 3.64. The molecular formula is C23H24FN7O. The maximum atomic E-state index is 16.2. The molecule has 8 nitrogen and oxygen atoms in total. The number of hydrogen-bond donors (Lipinski definition) is 0. The van der Waals surface area contributed by atoms with Gasteiger partial charge >= 0.3 is 0 Å². The Morgan fingerprint density at radius 2 is 1.97 bits per heavy atom. The van der Waals surface area contributed by atoms with Gasteiger partial charge in [0, 0.05) is 57.4 Å². The summed E-state index contributed by atoms with van der Waals surface area (Å²) in [4.78, 5) is 18.8. The van der Waals surface area contributed by atoms with Gasteiger partial charge < -0.3 is 9.47 Å². The van der Waals surface area contributed by atoms with E-state index in [0.29, 0.717) is 53.4 Å². The molecule has 1 aliphatic carbocycles. The predicted octanol–water partition coefficient (Wildman–Crippen LogP) is 3.22. The van der Waals surface area contributed by atoms with Gasteiger partial charge in [-0.1, -0.05) is 0 Å². The van der Waals surface area contributed by atoms with E-state index in [2.05, 4.69) is 14.8 Å². The maximum absolute atomic E-state index is 16.2. The van der Waals surface area contributed by atoms with Crippen LogP contribution in [0.25, 0.3) is 33.4 Å². The number of benzene rings is 1. The van der Waals surface area contributed by atoms with Crippen LogP contribution in [0, 0.1) is 5.82 Å². The molecule has 0 spiro atoms. The van der Waals surface area contributed by atoms with E-state index in [-0.39, 0.29) is 11.7 Å². The lowest BCUT2D eigenvalue weighted by Gasteiger charge is -2.28. The van der Waals surface area contributed by atoms with Gasteiger partial charge in [-0.3, -0.25) is 14.2 Å². The van der Waals surface area contributed by atoms with Gasteiger partial charge in [0.2, 0.25) is 5.91 Å². The first-order valence-electron chi connectivity index (χ1n) is 10.9. The molecule has 1 saturated carbocycles. The summed E-state index contributed by atoms with van der Waals surface area (Å²) < 4.78 is 21.7. The van der Waals surface area contributed by atoms with Crippen LogP contribution in [0.15, 0.2) is 24.5 Å². The van der Waals surface area contributed by atoms with Gasteiger partial charge in [0.1, 0.15) is 17.3 Å². The van der Waals surface area contributed by atoms with Crippen LogP contribution in [-0.4, -0.2) is 46.5 Å². The Balaban J connectivity index is 1.56. The largest absolute Gasteiger partial charge is 0.335 e. The summed E-state index contributed by atoms with van der Waals surface area (Å²) in [5.41, 5.74) is 4.05. The molecule has 6 rings (SSSR count). The average molecular weight is 433 g/mol. The Kier molecular flexibility index (Phi) is 4.05. The second kappa shape index (κ2) is 6.75. The highest BCUT2D eigenvalue weighted by atomic mass is 19.1. The van der Waals surface area contributed by atoms with Crippen molar-refractivity contribution in [3.8, 4) is 22.5 Å². The first-order valence-corrected chi connectivity index (χ1v) is 10.9. The van der Waals surface area contributed by atoms with E-state index < -0.39 is 0 Å². The number of imidazole rings is 1. The van der Waals surface area contributed by atoms with Crippen molar-refractivity contribution in [3.05, 3.63) is 41.9 Å². The molecule has 1 aliphatic heterocycles. The molecule has 3 aromatic heterocycles. The SMILES string of the molecule is CC(=O)N1CCn2c(C3CC3)nc(-c3ccc4c(c(-c5cnn(C)c5)nn4C)c3F)c2C1. The summed E-state index contributed by atoms with van der Waals surface area (Å²) in [6.45, 7) is 3.39. The van der Waals surface area contributed by atoms with Gasteiger partial charge in [0.15, 0.2) is 0 Å². The number of hydrogen-bond acceptors (Lipinski definition) is 4. The number of nitrogens with zero attached hydrogens (tertiary/aromatic N) is 7. The highest BCUT2D eigenvalue weighted by Gasteiger charge is 2.35. The number of halogens is 1. The number of fused-ring (bicyclic) bond motifs is 2. The Morgan fingerprint density at radius 3 is 2.66 bits per heavy atom. The van der Waals surface area contributed by atoms with Crippen LogP contribution >= 0.6 is 0 Å². The molecule has 4 aromatic rings. The topological polar surface area (TPSA) is 73.8 Å². The van der Waals surface area contributed by atoms with E-state index >= 15 is 4.39 Å². The Bertz CT molecular complexity index is 1390. The van der Waals surface area contributed by atoms with Gasteiger partial charge in [0.25, 0.3) is 0 Å². The van der Waals surface area contributed by atoms with Crippen molar-refractivity contribution in [1.29, 1.82) is 0 Å².